The van der Waals surface area contributed by atoms with Crippen molar-refractivity contribution in [2.45, 2.75) is 52.2 Å². The van der Waals surface area contributed by atoms with Crippen LogP contribution in [0.3, 0.4) is 0 Å². The number of nitrogens with zero attached hydrogens (tertiary/aromatic N) is 3. The fourth-order valence-electron chi connectivity index (χ4n) is 3.69. The molecule has 1 atom stereocenters. The Kier molecular flexibility index (Phi) is 8.01. The van der Waals surface area contributed by atoms with Crippen LogP contribution < -0.4 is 0 Å². The molecule has 166 valence electrons. The van der Waals surface area contributed by atoms with E-state index >= 15 is 0 Å². The SMILES string of the molecule is CC(=O)N1CCc2ccccc2C1CC(=O)N(CCN(C)C)CC(=O)OC(C)(C)C. The van der Waals surface area contributed by atoms with E-state index in [0.717, 1.165) is 12.0 Å². The normalized spacial score (nSPS) is 16.2. The van der Waals surface area contributed by atoms with Crippen LogP contribution in [0.1, 0.15) is 51.3 Å². The van der Waals surface area contributed by atoms with Crippen molar-refractivity contribution in [3.05, 3.63) is 35.4 Å². The Labute approximate surface area is 180 Å². The monoisotopic (exact) mass is 417 g/mol. The Balaban J connectivity index is 2.21. The Morgan fingerprint density at radius 3 is 2.40 bits per heavy atom. The number of rotatable bonds is 7. The van der Waals surface area contributed by atoms with E-state index in [-0.39, 0.29) is 30.8 Å². The number of ether oxygens (including phenoxy) is 1. The molecule has 0 radical (unpaired) electrons. The van der Waals surface area contributed by atoms with Crippen LogP contribution >= 0.6 is 0 Å². The molecule has 1 heterocycles. The third kappa shape index (κ3) is 6.83. The van der Waals surface area contributed by atoms with Gasteiger partial charge in [0.1, 0.15) is 12.1 Å². The molecule has 0 saturated heterocycles. The number of hydrogen-bond donors (Lipinski definition) is 0. The zero-order valence-electron chi connectivity index (χ0n) is 19.1. The molecule has 1 aromatic rings. The van der Waals surface area contributed by atoms with Crippen LogP contribution in [0.5, 0.6) is 0 Å². The average Bonchev–Trinajstić information content (AvgIpc) is 2.63. The summed E-state index contributed by atoms with van der Waals surface area (Å²) in [4.78, 5) is 43.2. The summed E-state index contributed by atoms with van der Waals surface area (Å²) in [6, 6.07) is 7.63. The van der Waals surface area contributed by atoms with Crippen molar-refractivity contribution < 1.29 is 19.1 Å². The molecule has 1 unspecified atom stereocenters. The Bertz CT molecular complexity index is 770. The second-order valence-corrected chi connectivity index (χ2v) is 9.09. The van der Waals surface area contributed by atoms with Gasteiger partial charge in [-0.25, -0.2) is 0 Å². The van der Waals surface area contributed by atoms with Crippen LogP contribution in [-0.4, -0.2) is 78.4 Å². The second kappa shape index (κ2) is 10.1. The number of carbonyl (C=O) groups excluding carboxylic acids is 3. The number of fused-ring (bicyclic) bond motifs is 1. The zero-order chi connectivity index (χ0) is 22.5. The number of esters is 1. The standard InChI is InChI=1S/C23H35N3O4/c1-17(27)26-12-11-18-9-7-8-10-19(18)20(26)15-21(28)25(14-13-24(5)6)16-22(29)30-23(2,3)4/h7-10,20H,11-16H2,1-6H3. The summed E-state index contributed by atoms with van der Waals surface area (Å²) in [7, 11) is 3.84. The van der Waals surface area contributed by atoms with Gasteiger partial charge in [0.2, 0.25) is 11.8 Å². The minimum Gasteiger partial charge on any atom is -0.459 e. The Morgan fingerprint density at radius 1 is 1.13 bits per heavy atom. The molecular formula is C23H35N3O4. The molecule has 30 heavy (non-hydrogen) atoms. The largest absolute Gasteiger partial charge is 0.459 e. The van der Waals surface area contributed by atoms with Gasteiger partial charge < -0.3 is 19.4 Å². The van der Waals surface area contributed by atoms with E-state index in [9.17, 15) is 14.4 Å². The molecule has 1 aromatic carbocycles. The molecule has 0 bridgehead atoms. The maximum atomic E-state index is 13.3. The lowest BCUT2D eigenvalue weighted by atomic mass is 9.90. The van der Waals surface area contributed by atoms with Crippen molar-refractivity contribution in [1.82, 2.24) is 14.7 Å². The van der Waals surface area contributed by atoms with Crippen molar-refractivity contribution in [3.8, 4) is 0 Å². The fourth-order valence-corrected chi connectivity index (χ4v) is 3.69. The molecular weight excluding hydrogens is 382 g/mol. The number of carbonyl (C=O) groups is 3. The molecule has 7 nitrogen and oxygen atoms in total. The first-order valence-corrected chi connectivity index (χ1v) is 10.5. The van der Waals surface area contributed by atoms with E-state index in [2.05, 4.69) is 6.07 Å². The van der Waals surface area contributed by atoms with Crippen LogP contribution in [0.15, 0.2) is 24.3 Å². The highest BCUT2D eigenvalue weighted by atomic mass is 16.6. The van der Waals surface area contributed by atoms with Crippen molar-refractivity contribution in [1.29, 1.82) is 0 Å². The van der Waals surface area contributed by atoms with E-state index in [0.29, 0.717) is 19.6 Å². The van der Waals surface area contributed by atoms with Gasteiger partial charge in [0.05, 0.1) is 12.5 Å². The Hall–Kier alpha value is -2.41. The third-order valence-electron chi connectivity index (χ3n) is 5.09. The van der Waals surface area contributed by atoms with Crippen molar-refractivity contribution in [2.75, 3.05) is 40.3 Å². The molecule has 0 fully saturated rings. The van der Waals surface area contributed by atoms with Gasteiger partial charge in [-0.1, -0.05) is 24.3 Å². The molecule has 0 aliphatic carbocycles. The highest BCUT2D eigenvalue weighted by Crippen LogP contribution is 2.32. The smallest absolute Gasteiger partial charge is 0.326 e. The molecule has 0 aromatic heterocycles. The predicted octanol–water partition coefficient (Wildman–Crippen LogP) is 2.25. The summed E-state index contributed by atoms with van der Waals surface area (Å²) >= 11 is 0. The summed E-state index contributed by atoms with van der Waals surface area (Å²) < 4.78 is 5.42. The number of hydrogen-bond acceptors (Lipinski definition) is 5. The molecule has 0 saturated carbocycles. The number of likely N-dealkylation sites (N-methyl/N-ethyl adjacent to an activating group) is 1. The second-order valence-electron chi connectivity index (χ2n) is 9.09. The van der Waals surface area contributed by atoms with Crippen LogP contribution in [0.25, 0.3) is 0 Å². The lowest BCUT2D eigenvalue weighted by Gasteiger charge is -2.37. The van der Waals surface area contributed by atoms with E-state index in [4.69, 9.17) is 4.74 Å². The molecule has 2 amide bonds. The van der Waals surface area contributed by atoms with Crippen LogP contribution in [0.4, 0.5) is 0 Å². The summed E-state index contributed by atoms with van der Waals surface area (Å²) in [6.45, 7) is 8.50. The molecule has 7 heteroatoms. The maximum Gasteiger partial charge on any atom is 0.326 e. The van der Waals surface area contributed by atoms with E-state index in [1.165, 1.54) is 12.5 Å². The molecule has 1 aliphatic heterocycles. The predicted molar refractivity (Wildman–Crippen MR) is 116 cm³/mol. The maximum absolute atomic E-state index is 13.3. The van der Waals surface area contributed by atoms with Gasteiger partial charge in [0.25, 0.3) is 0 Å². The van der Waals surface area contributed by atoms with E-state index in [1.54, 1.807) is 30.6 Å². The van der Waals surface area contributed by atoms with Crippen LogP contribution in [0, 0.1) is 0 Å². The van der Waals surface area contributed by atoms with Gasteiger partial charge >= 0.3 is 5.97 Å². The van der Waals surface area contributed by atoms with Gasteiger partial charge in [-0.3, -0.25) is 14.4 Å². The van der Waals surface area contributed by atoms with Crippen molar-refractivity contribution in [3.63, 3.8) is 0 Å². The fraction of sp³-hybridized carbons (Fsp3) is 0.609. The van der Waals surface area contributed by atoms with Crippen molar-refractivity contribution in [2.24, 2.45) is 0 Å². The molecule has 0 spiro atoms. The summed E-state index contributed by atoms with van der Waals surface area (Å²) in [5.41, 5.74) is 1.57. The quantitative estimate of drug-likeness (QED) is 0.637. The minimum atomic E-state index is -0.610. The first-order chi connectivity index (χ1) is 14.0. The average molecular weight is 418 g/mol. The third-order valence-corrected chi connectivity index (χ3v) is 5.09. The highest BCUT2D eigenvalue weighted by molar-refractivity contribution is 5.83. The lowest BCUT2D eigenvalue weighted by molar-refractivity contribution is -0.159. The number of benzene rings is 1. The summed E-state index contributed by atoms with van der Waals surface area (Å²) in [5.74, 6) is -0.632. The Morgan fingerprint density at radius 2 is 1.80 bits per heavy atom. The van der Waals surface area contributed by atoms with Gasteiger partial charge in [-0.2, -0.15) is 0 Å². The van der Waals surface area contributed by atoms with Gasteiger partial charge in [0, 0.05) is 26.6 Å². The van der Waals surface area contributed by atoms with E-state index in [1.807, 2.05) is 37.2 Å². The van der Waals surface area contributed by atoms with Gasteiger partial charge in [0.15, 0.2) is 0 Å². The van der Waals surface area contributed by atoms with Crippen molar-refractivity contribution >= 4 is 17.8 Å². The lowest BCUT2D eigenvalue weighted by Crippen LogP contribution is -2.45. The molecule has 0 N–H and O–H groups in total. The molecule has 1 aliphatic rings. The summed E-state index contributed by atoms with van der Waals surface area (Å²) in [6.07, 6.45) is 0.926. The first-order valence-electron chi connectivity index (χ1n) is 10.5. The number of amides is 2. The van der Waals surface area contributed by atoms with Gasteiger partial charge in [-0.05, 0) is 52.4 Å². The highest BCUT2D eigenvalue weighted by Gasteiger charge is 2.32. The van der Waals surface area contributed by atoms with Gasteiger partial charge in [-0.15, -0.1) is 0 Å². The van der Waals surface area contributed by atoms with E-state index < -0.39 is 11.6 Å². The van der Waals surface area contributed by atoms with Crippen LogP contribution in [0.2, 0.25) is 0 Å². The minimum absolute atomic E-state index is 0.0470. The topological polar surface area (TPSA) is 70.2 Å². The first kappa shape index (κ1) is 23.9. The molecule has 2 rings (SSSR count). The summed E-state index contributed by atoms with van der Waals surface area (Å²) in [5, 5.41) is 0. The zero-order valence-corrected chi connectivity index (χ0v) is 19.1. The van der Waals surface area contributed by atoms with Crippen LogP contribution in [-0.2, 0) is 25.5 Å².